The number of hydrogen-bond acceptors (Lipinski definition) is 21. The van der Waals surface area contributed by atoms with E-state index in [1.54, 1.807) is 0 Å². The van der Waals surface area contributed by atoms with Gasteiger partial charge in [0.25, 0.3) is 0 Å². The van der Waals surface area contributed by atoms with Crippen LogP contribution in [0.2, 0.25) is 0 Å². The Morgan fingerprint density at radius 2 is 1.13 bits per heavy atom. The molecule has 21 nitrogen and oxygen atoms in total. The smallest absolute Gasteiger partial charge is 0.239 e. The molecule has 1 aromatic heterocycles. The number of benzene rings is 2. The quantitative estimate of drug-likeness (QED) is 0.0925. The molecule has 2 aromatic carbocycles. The maximum atomic E-state index is 13.7. The molecule has 3 aliphatic heterocycles. The molecule has 4 heterocycles. The molecule has 3 saturated heterocycles. The van der Waals surface area contributed by atoms with Crippen molar-refractivity contribution in [3.05, 3.63) is 40.6 Å². The highest BCUT2D eigenvalue weighted by Gasteiger charge is 2.49. The van der Waals surface area contributed by atoms with Gasteiger partial charge in [-0.3, -0.25) is 4.79 Å². The second kappa shape index (κ2) is 15.7. The van der Waals surface area contributed by atoms with Crippen molar-refractivity contribution >= 4 is 11.0 Å². The summed E-state index contributed by atoms with van der Waals surface area (Å²) in [6.45, 7) is 0.0455. The normalized spacial score (nSPS) is 37.3. The molecule has 15 atom stereocenters. The van der Waals surface area contributed by atoms with Crippen LogP contribution in [0.25, 0.3) is 22.3 Å². The van der Waals surface area contributed by atoms with Gasteiger partial charge in [-0.1, -0.05) is 0 Å². The van der Waals surface area contributed by atoms with Gasteiger partial charge in [0.15, 0.2) is 29.8 Å². The van der Waals surface area contributed by atoms with Crippen molar-refractivity contribution in [2.45, 2.75) is 99.0 Å². The minimum Gasteiger partial charge on any atom is -0.508 e. The van der Waals surface area contributed by atoms with Gasteiger partial charge in [0, 0.05) is 17.7 Å². The monoisotopic (exact) mass is 772 g/mol. The second-order valence-corrected chi connectivity index (χ2v) is 13.1. The Morgan fingerprint density at radius 1 is 0.593 bits per heavy atom. The van der Waals surface area contributed by atoms with E-state index in [0.717, 1.165) is 24.3 Å². The maximum absolute atomic E-state index is 13.7. The highest BCUT2D eigenvalue weighted by molar-refractivity contribution is 5.88. The molecule has 21 heteroatoms. The number of phenolic OH excluding ortho intramolecular Hbond substituents is 4. The van der Waals surface area contributed by atoms with Gasteiger partial charge in [-0.25, -0.2) is 0 Å². The number of aliphatic hydroxyl groups excluding tert-OH is 9. The van der Waals surface area contributed by atoms with Crippen molar-refractivity contribution in [3.63, 3.8) is 0 Å². The largest absolute Gasteiger partial charge is 0.508 e. The van der Waals surface area contributed by atoms with Crippen LogP contribution in [0.1, 0.15) is 6.92 Å². The van der Waals surface area contributed by atoms with Gasteiger partial charge in [-0.15, -0.1) is 0 Å². The molecule has 3 aromatic rings. The van der Waals surface area contributed by atoms with Crippen LogP contribution in [0.15, 0.2) is 39.5 Å². The molecule has 13 N–H and O–H groups in total. The first kappa shape index (κ1) is 39.8. The van der Waals surface area contributed by atoms with E-state index in [2.05, 4.69) is 0 Å². The molecular formula is C33H40O21. The predicted octanol–water partition coefficient (Wildman–Crippen LogP) is -3.86. The van der Waals surface area contributed by atoms with E-state index in [9.17, 15) is 71.2 Å². The molecule has 0 saturated carbocycles. The van der Waals surface area contributed by atoms with Gasteiger partial charge in [0.2, 0.25) is 17.5 Å². The van der Waals surface area contributed by atoms with E-state index >= 15 is 0 Å². The third kappa shape index (κ3) is 7.52. The Hall–Kier alpha value is -3.91. The Kier molecular flexibility index (Phi) is 11.5. The molecule has 6 rings (SSSR count). The third-order valence-corrected chi connectivity index (χ3v) is 9.38. The van der Waals surface area contributed by atoms with Crippen molar-refractivity contribution in [1.29, 1.82) is 0 Å². The van der Waals surface area contributed by atoms with Gasteiger partial charge in [-0.05, 0) is 25.1 Å². The average molecular weight is 773 g/mol. The van der Waals surface area contributed by atoms with Gasteiger partial charge in [0.1, 0.15) is 89.6 Å². The van der Waals surface area contributed by atoms with E-state index in [0.29, 0.717) is 0 Å². The Morgan fingerprint density at radius 3 is 1.72 bits per heavy atom. The zero-order valence-corrected chi connectivity index (χ0v) is 28.0. The van der Waals surface area contributed by atoms with Crippen LogP contribution < -0.4 is 10.2 Å². The highest BCUT2D eigenvalue weighted by Crippen LogP contribution is 2.39. The Balaban J connectivity index is 1.20. The van der Waals surface area contributed by atoms with Crippen molar-refractivity contribution < 1.29 is 99.2 Å². The van der Waals surface area contributed by atoms with E-state index in [1.165, 1.54) is 13.0 Å². The lowest BCUT2D eigenvalue weighted by atomic mass is 9.98. The van der Waals surface area contributed by atoms with Crippen molar-refractivity contribution in [1.82, 2.24) is 0 Å². The van der Waals surface area contributed by atoms with Crippen LogP contribution in [-0.4, -0.2) is 172 Å². The standard InChI is InChI=1S/C33H40O21/c1-9-19(38)23(42)26(45)31(50-9)48-7-16-20(39)24(43)27(46)32(52-16)49-8-17-21(40)25(44)28(47)33(53-17)54-30-22(41)18-14(37)5-11(34)6-15(18)51-29(30)10-2-3-12(35)13(36)4-10/h2-6,9,16-17,19-21,23-28,31-40,42-47H,7-8H2,1H3/t9-,16+,17+,19-,20+,21-,23+,24-,25-,26+,27+,28+,31+,32+,33-/m0/s1. The Bertz CT molecular complexity index is 1850. The summed E-state index contributed by atoms with van der Waals surface area (Å²) < 4.78 is 39.0. The van der Waals surface area contributed by atoms with Gasteiger partial charge >= 0.3 is 0 Å². The first-order valence-electron chi connectivity index (χ1n) is 16.5. The van der Waals surface area contributed by atoms with Gasteiger partial charge in [-0.2, -0.15) is 0 Å². The third-order valence-electron chi connectivity index (χ3n) is 9.38. The zero-order chi connectivity index (χ0) is 39.3. The molecule has 0 unspecified atom stereocenters. The number of hydrogen-bond donors (Lipinski definition) is 13. The average Bonchev–Trinajstić information content (AvgIpc) is 3.13. The highest BCUT2D eigenvalue weighted by atomic mass is 16.7. The molecular weight excluding hydrogens is 732 g/mol. The van der Waals surface area contributed by atoms with E-state index in [4.69, 9.17) is 32.8 Å². The summed E-state index contributed by atoms with van der Waals surface area (Å²) in [4.78, 5) is 13.7. The van der Waals surface area contributed by atoms with E-state index in [1.807, 2.05) is 0 Å². The number of fused-ring (bicyclic) bond motifs is 1. The minimum atomic E-state index is -2.06. The fraction of sp³-hybridized carbons (Fsp3) is 0.545. The predicted molar refractivity (Wildman–Crippen MR) is 173 cm³/mol. The first-order valence-corrected chi connectivity index (χ1v) is 16.5. The summed E-state index contributed by atoms with van der Waals surface area (Å²) in [5.41, 5.74) is -1.50. The number of rotatable bonds is 9. The van der Waals surface area contributed by atoms with E-state index < -0.39 is 151 Å². The molecule has 0 spiro atoms. The minimum absolute atomic E-state index is 0.0801. The number of ether oxygens (including phenoxy) is 6. The summed E-state index contributed by atoms with van der Waals surface area (Å²) >= 11 is 0. The molecule has 0 aliphatic carbocycles. The van der Waals surface area contributed by atoms with Crippen LogP contribution in [0.5, 0.6) is 28.7 Å². The van der Waals surface area contributed by atoms with Crippen molar-refractivity contribution in [2.24, 2.45) is 0 Å². The van der Waals surface area contributed by atoms with Gasteiger partial charge < -0.3 is 99.2 Å². The lowest BCUT2D eigenvalue weighted by Gasteiger charge is -2.43. The topological polar surface area (TPSA) is 349 Å². The Labute approximate surface area is 303 Å². The first-order chi connectivity index (χ1) is 25.5. The van der Waals surface area contributed by atoms with Crippen LogP contribution >= 0.6 is 0 Å². The lowest BCUT2D eigenvalue weighted by molar-refractivity contribution is -0.337. The SMILES string of the molecule is C[C@@H]1O[C@@H](OC[C@H]2O[C@@H](OC[C@H]3O[C@@H](Oc4c(-c5ccc(O)c(O)c5)oc5cc(O)cc(O)c5c4=O)[C@H](O)[C@@H](O)[C@H]3O)[C@H](O)[C@@H](O)[C@@H]2O)[C@H](O)[C@H](O)[C@H]1O. The van der Waals surface area contributed by atoms with Crippen LogP contribution in [-0.2, 0) is 23.7 Å². The molecule has 0 radical (unpaired) electrons. The van der Waals surface area contributed by atoms with Crippen LogP contribution in [0.3, 0.4) is 0 Å². The summed E-state index contributed by atoms with van der Waals surface area (Å²) in [5, 5.41) is 134. The molecule has 3 aliphatic rings. The van der Waals surface area contributed by atoms with E-state index in [-0.39, 0.29) is 11.1 Å². The van der Waals surface area contributed by atoms with Crippen molar-refractivity contribution in [2.75, 3.05) is 13.2 Å². The van der Waals surface area contributed by atoms with Crippen molar-refractivity contribution in [3.8, 4) is 40.1 Å². The second-order valence-electron chi connectivity index (χ2n) is 13.1. The molecule has 0 bridgehead atoms. The van der Waals surface area contributed by atoms with Gasteiger partial charge in [0.05, 0.1) is 19.3 Å². The van der Waals surface area contributed by atoms with Crippen LogP contribution in [0.4, 0.5) is 0 Å². The molecule has 298 valence electrons. The van der Waals surface area contributed by atoms with Crippen LogP contribution in [0, 0.1) is 0 Å². The summed E-state index contributed by atoms with van der Waals surface area (Å²) in [5.74, 6) is -3.60. The summed E-state index contributed by atoms with van der Waals surface area (Å²) in [6, 6.07) is 5.09. The fourth-order valence-electron chi connectivity index (χ4n) is 6.22. The summed E-state index contributed by atoms with van der Waals surface area (Å²) in [6.07, 6.45) is -25.6. The number of aromatic hydroxyl groups is 4. The lowest BCUT2D eigenvalue weighted by Crippen LogP contribution is -2.62. The molecule has 54 heavy (non-hydrogen) atoms. The maximum Gasteiger partial charge on any atom is 0.239 e. The molecule has 3 fully saturated rings. The summed E-state index contributed by atoms with van der Waals surface area (Å²) in [7, 11) is 0. The molecule has 0 amide bonds. The number of aliphatic hydroxyl groups is 9. The zero-order valence-electron chi connectivity index (χ0n) is 28.0. The fourth-order valence-corrected chi connectivity index (χ4v) is 6.22. The number of phenols is 4.